The average molecular weight is 184 g/mol. The molecular weight excluding hydrogens is 170 g/mol. The first-order valence-electron chi connectivity index (χ1n) is 4.17. The van der Waals surface area contributed by atoms with Crippen LogP contribution < -0.4 is 5.73 Å². The summed E-state index contributed by atoms with van der Waals surface area (Å²) in [7, 11) is 0. The van der Waals surface area contributed by atoms with Crippen LogP contribution in [0.25, 0.3) is 0 Å². The highest BCUT2D eigenvalue weighted by molar-refractivity contribution is 5.85. The monoisotopic (exact) mass is 183 g/mol. The van der Waals surface area contributed by atoms with Gasteiger partial charge in [-0.15, -0.1) is 12.4 Å². The standard InChI is InChI=1S/C10H13N.ClH/c11-7-9-6-10(9)8-4-2-1-3-5-8;/h1-5,9-10H,6-7,11H2;1H/t9-,10-;/m0./s1. The lowest BCUT2D eigenvalue weighted by Gasteiger charge is -1.96. The lowest BCUT2D eigenvalue weighted by atomic mass is 10.1. The maximum Gasteiger partial charge on any atom is -0.00428 e. The van der Waals surface area contributed by atoms with E-state index in [1.165, 1.54) is 12.0 Å². The first kappa shape index (κ1) is 9.56. The Labute approximate surface area is 79.4 Å². The fraction of sp³-hybridized carbons (Fsp3) is 0.400. The molecule has 1 saturated carbocycles. The van der Waals surface area contributed by atoms with Crippen LogP contribution in [0.5, 0.6) is 0 Å². The summed E-state index contributed by atoms with van der Waals surface area (Å²) in [5.41, 5.74) is 7.02. The minimum atomic E-state index is 0. The van der Waals surface area contributed by atoms with Gasteiger partial charge in [-0.25, -0.2) is 0 Å². The third-order valence-corrected chi connectivity index (χ3v) is 2.45. The van der Waals surface area contributed by atoms with Crippen molar-refractivity contribution in [3.05, 3.63) is 35.9 Å². The van der Waals surface area contributed by atoms with E-state index in [2.05, 4.69) is 30.3 Å². The predicted octanol–water partition coefficient (Wildman–Crippen LogP) is 2.17. The van der Waals surface area contributed by atoms with Crippen molar-refractivity contribution in [2.75, 3.05) is 6.54 Å². The highest BCUT2D eigenvalue weighted by Gasteiger charge is 2.36. The zero-order chi connectivity index (χ0) is 7.68. The number of nitrogens with two attached hydrogens (primary N) is 1. The van der Waals surface area contributed by atoms with Crippen molar-refractivity contribution in [2.45, 2.75) is 12.3 Å². The molecule has 1 aliphatic rings. The number of hydrogen-bond donors (Lipinski definition) is 1. The molecule has 66 valence electrons. The quantitative estimate of drug-likeness (QED) is 0.748. The molecule has 1 aliphatic carbocycles. The van der Waals surface area contributed by atoms with Gasteiger partial charge in [0.1, 0.15) is 0 Å². The second-order valence-corrected chi connectivity index (χ2v) is 3.25. The zero-order valence-corrected chi connectivity index (χ0v) is 7.76. The Hall–Kier alpha value is -0.530. The van der Waals surface area contributed by atoms with Crippen molar-refractivity contribution in [3.8, 4) is 0 Å². The molecule has 0 heterocycles. The van der Waals surface area contributed by atoms with Crippen molar-refractivity contribution >= 4 is 12.4 Å². The van der Waals surface area contributed by atoms with E-state index >= 15 is 0 Å². The van der Waals surface area contributed by atoms with Crippen molar-refractivity contribution in [1.82, 2.24) is 0 Å². The van der Waals surface area contributed by atoms with Crippen LogP contribution in [0.3, 0.4) is 0 Å². The molecule has 2 rings (SSSR count). The van der Waals surface area contributed by atoms with E-state index in [9.17, 15) is 0 Å². The Morgan fingerprint density at radius 1 is 1.25 bits per heavy atom. The largest absolute Gasteiger partial charge is 0.330 e. The SMILES string of the molecule is Cl.NC[C@@H]1C[C@H]1c1ccccc1. The third-order valence-electron chi connectivity index (χ3n) is 2.45. The van der Waals surface area contributed by atoms with Crippen LogP contribution in [0.4, 0.5) is 0 Å². The molecular formula is C10H14ClN. The molecule has 0 radical (unpaired) electrons. The van der Waals surface area contributed by atoms with Gasteiger partial charge in [-0.1, -0.05) is 30.3 Å². The van der Waals surface area contributed by atoms with Crippen LogP contribution in [-0.2, 0) is 0 Å². The maximum atomic E-state index is 5.56. The van der Waals surface area contributed by atoms with E-state index in [4.69, 9.17) is 5.73 Å². The Morgan fingerprint density at radius 3 is 2.42 bits per heavy atom. The second kappa shape index (κ2) is 3.92. The molecule has 0 aromatic heterocycles. The molecule has 1 aromatic rings. The summed E-state index contributed by atoms with van der Waals surface area (Å²) >= 11 is 0. The van der Waals surface area contributed by atoms with Gasteiger partial charge in [0.15, 0.2) is 0 Å². The summed E-state index contributed by atoms with van der Waals surface area (Å²) in [5, 5.41) is 0. The van der Waals surface area contributed by atoms with Gasteiger partial charge in [-0.3, -0.25) is 0 Å². The maximum absolute atomic E-state index is 5.56. The molecule has 0 amide bonds. The van der Waals surface area contributed by atoms with E-state index in [0.29, 0.717) is 0 Å². The van der Waals surface area contributed by atoms with Gasteiger partial charge in [0.2, 0.25) is 0 Å². The third kappa shape index (κ3) is 1.79. The molecule has 0 aliphatic heterocycles. The summed E-state index contributed by atoms with van der Waals surface area (Å²) in [5.74, 6) is 1.53. The number of rotatable bonds is 2. The molecule has 2 heteroatoms. The topological polar surface area (TPSA) is 26.0 Å². The molecule has 0 saturated heterocycles. The average Bonchev–Trinajstić information content (AvgIpc) is 2.85. The minimum absolute atomic E-state index is 0. The van der Waals surface area contributed by atoms with Crippen molar-refractivity contribution in [2.24, 2.45) is 11.7 Å². The van der Waals surface area contributed by atoms with Gasteiger partial charge in [0.25, 0.3) is 0 Å². The van der Waals surface area contributed by atoms with Gasteiger partial charge >= 0.3 is 0 Å². The smallest absolute Gasteiger partial charge is 0.00428 e. The Kier molecular flexibility index (Phi) is 3.12. The molecule has 12 heavy (non-hydrogen) atoms. The lowest BCUT2D eigenvalue weighted by Crippen LogP contribution is -2.01. The van der Waals surface area contributed by atoms with Crippen LogP contribution in [-0.4, -0.2) is 6.54 Å². The molecule has 1 fully saturated rings. The number of benzene rings is 1. The first-order chi connectivity index (χ1) is 5.42. The van der Waals surface area contributed by atoms with E-state index in [0.717, 1.165) is 18.4 Å². The van der Waals surface area contributed by atoms with Crippen molar-refractivity contribution in [1.29, 1.82) is 0 Å². The summed E-state index contributed by atoms with van der Waals surface area (Å²) in [4.78, 5) is 0. The molecule has 0 spiro atoms. The molecule has 0 bridgehead atoms. The molecule has 2 atom stereocenters. The van der Waals surface area contributed by atoms with Crippen LogP contribution in [0, 0.1) is 5.92 Å². The normalized spacial score (nSPS) is 26.1. The fourth-order valence-electron chi connectivity index (χ4n) is 1.62. The zero-order valence-electron chi connectivity index (χ0n) is 6.94. The van der Waals surface area contributed by atoms with Gasteiger partial charge in [-0.05, 0) is 30.4 Å². The Bertz CT molecular complexity index is 235. The highest BCUT2D eigenvalue weighted by Crippen LogP contribution is 2.46. The van der Waals surface area contributed by atoms with E-state index in [-0.39, 0.29) is 12.4 Å². The van der Waals surface area contributed by atoms with Gasteiger partial charge in [-0.2, -0.15) is 0 Å². The van der Waals surface area contributed by atoms with Crippen LogP contribution >= 0.6 is 12.4 Å². The Morgan fingerprint density at radius 2 is 1.92 bits per heavy atom. The van der Waals surface area contributed by atoms with Crippen molar-refractivity contribution < 1.29 is 0 Å². The van der Waals surface area contributed by atoms with Crippen LogP contribution in [0.2, 0.25) is 0 Å². The summed E-state index contributed by atoms with van der Waals surface area (Å²) < 4.78 is 0. The molecule has 2 N–H and O–H groups in total. The summed E-state index contributed by atoms with van der Waals surface area (Å²) in [6.07, 6.45) is 1.29. The highest BCUT2D eigenvalue weighted by atomic mass is 35.5. The predicted molar refractivity (Wildman–Crippen MR) is 53.6 cm³/mol. The second-order valence-electron chi connectivity index (χ2n) is 3.25. The van der Waals surface area contributed by atoms with Crippen LogP contribution in [0.1, 0.15) is 17.9 Å². The van der Waals surface area contributed by atoms with Gasteiger partial charge < -0.3 is 5.73 Å². The fourth-order valence-corrected chi connectivity index (χ4v) is 1.62. The van der Waals surface area contributed by atoms with E-state index in [1.807, 2.05) is 0 Å². The number of hydrogen-bond acceptors (Lipinski definition) is 1. The molecule has 1 aromatic carbocycles. The van der Waals surface area contributed by atoms with E-state index < -0.39 is 0 Å². The lowest BCUT2D eigenvalue weighted by molar-refractivity contribution is 0.810. The summed E-state index contributed by atoms with van der Waals surface area (Å²) in [6, 6.07) is 10.6. The van der Waals surface area contributed by atoms with E-state index in [1.54, 1.807) is 0 Å². The summed E-state index contributed by atoms with van der Waals surface area (Å²) in [6.45, 7) is 0.847. The van der Waals surface area contributed by atoms with Crippen molar-refractivity contribution in [3.63, 3.8) is 0 Å². The molecule has 1 nitrogen and oxygen atoms in total. The molecule has 0 unspecified atom stereocenters. The number of halogens is 1. The first-order valence-corrected chi connectivity index (χ1v) is 4.17. The minimum Gasteiger partial charge on any atom is -0.330 e. The van der Waals surface area contributed by atoms with Gasteiger partial charge in [0.05, 0.1) is 0 Å². The van der Waals surface area contributed by atoms with Gasteiger partial charge in [0, 0.05) is 0 Å². The van der Waals surface area contributed by atoms with Crippen LogP contribution in [0.15, 0.2) is 30.3 Å². The Balaban J connectivity index is 0.000000720.